The fraction of sp³-hybridized carbons (Fsp3) is 0.824. The lowest BCUT2D eigenvalue weighted by Crippen LogP contribution is -2.48. The van der Waals surface area contributed by atoms with Crippen LogP contribution < -0.4 is 5.32 Å². The number of likely N-dealkylation sites (N-methyl/N-ethyl adjacent to an activating group) is 1. The number of amides is 1. The molecular formula is C17H32N4O4. The van der Waals surface area contributed by atoms with E-state index in [0.29, 0.717) is 13.1 Å². The van der Waals surface area contributed by atoms with E-state index in [0.717, 1.165) is 31.9 Å². The van der Waals surface area contributed by atoms with E-state index in [4.69, 9.17) is 9.47 Å². The van der Waals surface area contributed by atoms with Crippen molar-refractivity contribution in [3.05, 3.63) is 0 Å². The second-order valence-electron chi connectivity index (χ2n) is 7.16. The van der Waals surface area contributed by atoms with Crippen molar-refractivity contribution in [1.82, 2.24) is 15.1 Å². The van der Waals surface area contributed by atoms with Gasteiger partial charge in [-0.05, 0) is 33.6 Å². The number of likely N-dealkylation sites (tertiary alicyclic amines) is 1. The van der Waals surface area contributed by atoms with Gasteiger partial charge in [0.05, 0.1) is 13.0 Å². The van der Waals surface area contributed by atoms with Crippen LogP contribution >= 0.6 is 0 Å². The zero-order chi connectivity index (χ0) is 19.0. The lowest BCUT2D eigenvalue weighted by molar-refractivity contribution is -0.146. The molecule has 25 heavy (non-hydrogen) atoms. The molecule has 0 unspecified atom stereocenters. The molecular weight excluding hydrogens is 324 g/mol. The molecule has 0 radical (unpaired) electrons. The van der Waals surface area contributed by atoms with Gasteiger partial charge in [0.1, 0.15) is 5.60 Å². The van der Waals surface area contributed by atoms with E-state index in [-0.39, 0.29) is 18.0 Å². The molecule has 1 heterocycles. The molecule has 0 aromatic rings. The van der Waals surface area contributed by atoms with Crippen LogP contribution in [0.2, 0.25) is 0 Å². The van der Waals surface area contributed by atoms with Crippen molar-refractivity contribution < 1.29 is 19.1 Å². The Balaban J connectivity index is 2.38. The Labute approximate surface area is 150 Å². The minimum atomic E-state index is -0.501. The van der Waals surface area contributed by atoms with Crippen molar-refractivity contribution in [1.29, 1.82) is 0 Å². The summed E-state index contributed by atoms with van der Waals surface area (Å²) in [7, 11) is 4.86. The van der Waals surface area contributed by atoms with E-state index in [1.807, 2.05) is 20.8 Å². The minimum absolute atomic E-state index is 0.0299. The van der Waals surface area contributed by atoms with E-state index < -0.39 is 5.60 Å². The summed E-state index contributed by atoms with van der Waals surface area (Å²) < 4.78 is 10.1. The fourth-order valence-corrected chi connectivity index (χ4v) is 2.59. The third-order valence-electron chi connectivity index (χ3n) is 3.98. The second-order valence-corrected chi connectivity index (χ2v) is 7.16. The Kier molecular flexibility index (Phi) is 7.99. The molecule has 0 saturated carbocycles. The third-order valence-corrected chi connectivity index (χ3v) is 3.98. The SMILES string of the molecule is CN=C(NCCN(C)C(=O)OC(C)(C)C)N1CCC(C(=O)OC)CC1. The molecule has 1 rings (SSSR count). The van der Waals surface area contributed by atoms with Gasteiger partial charge in [0.15, 0.2) is 5.96 Å². The Morgan fingerprint density at radius 1 is 1.28 bits per heavy atom. The first-order chi connectivity index (χ1) is 11.7. The predicted molar refractivity (Wildman–Crippen MR) is 96.5 cm³/mol. The van der Waals surface area contributed by atoms with Crippen molar-refractivity contribution >= 4 is 18.0 Å². The molecule has 0 aliphatic carbocycles. The molecule has 8 nitrogen and oxygen atoms in total. The first kappa shape index (κ1) is 21.1. The number of guanidine groups is 1. The van der Waals surface area contributed by atoms with Gasteiger partial charge in [-0.1, -0.05) is 0 Å². The summed E-state index contributed by atoms with van der Waals surface area (Å²) in [4.78, 5) is 31.5. The number of aliphatic imine (C=N–C) groups is 1. The average Bonchev–Trinajstić information content (AvgIpc) is 2.56. The topological polar surface area (TPSA) is 83.5 Å². The highest BCUT2D eigenvalue weighted by Crippen LogP contribution is 2.18. The maximum atomic E-state index is 11.9. The predicted octanol–water partition coefficient (Wildman–Crippen LogP) is 1.31. The molecule has 0 aromatic carbocycles. The van der Waals surface area contributed by atoms with Crippen LogP contribution in [0, 0.1) is 5.92 Å². The van der Waals surface area contributed by atoms with Crippen molar-refractivity contribution in [2.45, 2.75) is 39.2 Å². The summed E-state index contributed by atoms with van der Waals surface area (Å²) in [5, 5.41) is 3.26. The van der Waals surface area contributed by atoms with Crippen molar-refractivity contribution in [3.63, 3.8) is 0 Å². The number of piperidine rings is 1. The summed E-state index contributed by atoms with van der Waals surface area (Å²) in [6.45, 7) is 8.11. The number of esters is 1. The van der Waals surface area contributed by atoms with Crippen LogP contribution in [0.15, 0.2) is 4.99 Å². The van der Waals surface area contributed by atoms with Gasteiger partial charge in [0.2, 0.25) is 0 Å². The van der Waals surface area contributed by atoms with Crippen molar-refractivity contribution in [2.24, 2.45) is 10.9 Å². The van der Waals surface area contributed by atoms with Crippen molar-refractivity contribution in [3.8, 4) is 0 Å². The summed E-state index contributed by atoms with van der Waals surface area (Å²) in [6.07, 6.45) is 1.17. The maximum absolute atomic E-state index is 11.9. The van der Waals surface area contributed by atoms with Crippen LogP contribution in [0.25, 0.3) is 0 Å². The molecule has 144 valence electrons. The summed E-state index contributed by atoms with van der Waals surface area (Å²) in [5.41, 5.74) is -0.501. The quantitative estimate of drug-likeness (QED) is 0.465. The largest absolute Gasteiger partial charge is 0.469 e. The van der Waals surface area contributed by atoms with Gasteiger partial charge in [0.25, 0.3) is 0 Å². The lowest BCUT2D eigenvalue weighted by atomic mass is 9.97. The molecule has 0 aromatic heterocycles. The van der Waals surface area contributed by atoms with Gasteiger partial charge in [0, 0.05) is 40.3 Å². The zero-order valence-corrected chi connectivity index (χ0v) is 16.3. The molecule has 1 aliphatic rings. The number of hydrogen-bond donors (Lipinski definition) is 1. The number of rotatable bonds is 4. The number of methoxy groups -OCH3 is 1. The van der Waals surface area contributed by atoms with Crippen LogP contribution in [0.5, 0.6) is 0 Å². The van der Waals surface area contributed by atoms with Crippen LogP contribution in [-0.2, 0) is 14.3 Å². The average molecular weight is 356 g/mol. The highest BCUT2D eigenvalue weighted by molar-refractivity contribution is 5.80. The number of nitrogens with zero attached hydrogens (tertiary/aromatic N) is 3. The molecule has 0 spiro atoms. The van der Waals surface area contributed by atoms with Gasteiger partial charge >= 0.3 is 12.1 Å². The molecule has 1 saturated heterocycles. The number of nitrogens with one attached hydrogen (secondary N) is 1. The number of carbonyl (C=O) groups is 2. The van der Waals surface area contributed by atoms with Crippen molar-refractivity contribution in [2.75, 3.05) is 47.4 Å². The first-order valence-electron chi connectivity index (χ1n) is 8.65. The van der Waals surface area contributed by atoms with Gasteiger partial charge < -0.3 is 24.6 Å². The van der Waals surface area contributed by atoms with E-state index >= 15 is 0 Å². The highest BCUT2D eigenvalue weighted by Gasteiger charge is 2.27. The molecule has 1 aliphatic heterocycles. The van der Waals surface area contributed by atoms with Crippen LogP contribution in [-0.4, -0.2) is 80.8 Å². The van der Waals surface area contributed by atoms with E-state index in [2.05, 4.69) is 15.2 Å². The van der Waals surface area contributed by atoms with Crippen LogP contribution in [0.1, 0.15) is 33.6 Å². The molecule has 1 fully saturated rings. The van der Waals surface area contributed by atoms with E-state index in [1.54, 1.807) is 14.1 Å². The van der Waals surface area contributed by atoms with Gasteiger partial charge in [-0.3, -0.25) is 9.79 Å². The summed E-state index contributed by atoms with van der Waals surface area (Å²) in [5.74, 6) is 0.611. The van der Waals surface area contributed by atoms with Gasteiger partial charge in [-0.15, -0.1) is 0 Å². The van der Waals surface area contributed by atoms with Crippen LogP contribution in [0.3, 0.4) is 0 Å². The Morgan fingerprint density at radius 2 is 1.88 bits per heavy atom. The van der Waals surface area contributed by atoms with E-state index in [1.165, 1.54) is 12.0 Å². The second kappa shape index (κ2) is 9.48. The Hall–Kier alpha value is -1.99. The number of carbonyl (C=O) groups excluding carboxylic acids is 2. The van der Waals surface area contributed by atoms with E-state index in [9.17, 15) is 9.59 Å². The minimum Gasteiger partial charge on any atom is -0.469 e. The Morgan fingerprint density at radius 3 is 2.36 bits per heavy atom. The molecule has 0 bridgehead atoms. The summed E-state index contributed by atoms with van der Waals surface area (Å²) >= 11 is 0. The van der Waals surface area contributed by atoms with Crippen LogP contribution in [0.4, 0.5) is 4.79 Å². The van der Waals surface area contributed by atoms with Gasteiger partial charge in [-0.25, -0.2) is 4.79 Å². The molecule has 1 N–H and O–H groups in total. The number of ether oxygens (including phenoxy) is 2. The standard InChI is InChI=1S/C17H32N4O4/c1-17(2,3)25-16(23)20(5)12-9-19-15(18-4)21-10-7-13(8-11-21)14(22)24-6/h13H,7-12H2,1-6H3,(H,18,19). The molecule has 1 amide bonds. The maximum Gasteiger partial charge on any atom is 0.410 e. The number of hydrogen-bond acceptors (Lipinski definition) is 5. The van der Waals surface area contributed by atoms with Gasteiger partial charge in [-0.2, -0.15) is 0 Å². The fourth-order valence-electron chi connectivity index (χ4n) is 2.59. The lowest BCUT2D eigenvalue weighted by Gasteiger charge is -2.33. The zero-order valence-electron chi connectivity index (χ0n) is 16.3. The summed E-state index contributed by atoms with van der Waals surface area (Å²) in [6, 6.07) is 0. The first-order valence-corrected chi connectivity index (χ1v) is 8.65. The Bertz CT molecular complexity index is 480. The third kappa shape index (κ3) is 7.19. The highest BCUT2D eigenvalue weighted by atomic mass is 16.6. The molecule has 8 heteroatoms. The molecule has 0 atom stereocenters. The monoisotopic (exact) mass is 356 g/mol. The normalized spacial score (nSPS) is 16.4. The smallest absolute Gasteiger partial charge is 0.410 e.